The summed E-state index contributed by atoms with van der Waals surface area (Å²) in [5.74, 6) is 1.54. The number of nitrogens with zero attached hydrogens (tertiary/aromatic N) is 4. The molecule has 0 aliphatic heterocycles. The molecule has 72 valence electrons. The molecule has 2 N–H and O–H groups in total. The molecule has 1 aromatic heterocycles. The highest BCUT2D eigenvalue weighted by Crippen LogP contribution is 2.35. The molecular formula is C8H15N5. The van der Waals surface area contributed by atoms with E-state index in [1.54, 1.807) is 0 Å². The molecule has 0 bridgehead atoms. The van der Waals surface area contributed by atoms with E-state index in [2.05, 4.69) is 22.4 Å². The molecule has 13 heavy (non-hydrogen) atoms. The first-order valence-corrected chi connectivity index (χ1v) is 4.79. The Bertz CT molecular complexity index is 278. The molecule has 1 unspecified atom stereocenters. The lowest BCUT2D eigenvalue weighted by atomic mass is 9.80. The Morgan fingerprint density at radius 2 is 2.38 bits per heavy atom. The first kappa shape index (κ1) is 8.62. The average molecular weight is 181 g/mol. The Hall–Kier alpha value is -0.970. The zero-order valence-electron chi connectivity index (χ0n) is 7.85. The highest BCUT2D eigenvalue weighted by atomic mass is 15.6. The van der Waals surface area contributed by atoms with Gasteiger partial charge in [0.1, 0.15) is 0 Å². The minimum absolute atomic E-state index is 0.405. The van der Waals surface area contributed by atoms with Crippen LogP contribution in [-0.2, 0) is 6.54 Å². The molecule has 5 nitrogen and oxygen atoms in total. The Labute approximate surface area is 77.3 Å². The van der Waals surface area contributed by atoms with Crippen molar-refractivity contribution in [2.45, 2.75) is 38.8 Å². The van der Waals surface area contributed by atoms with Crippen LogP contribution in [0.5, 0.6) is 0 Å². The highest BCUT2D eigenvalue weighted by molar-refractivity contribution is 4.86. The number of hydrogen-bond acceptors (Lipinski definition) is 4. The van der Waals surface area contributed by atoms with E-state index in [1.165, 1.54) is 19.3 Å². The Kier molecular flexibility index (Phi) is 2.26. The lowest BCUT2D eigenvalue weighted by molar-refractivity contribution is 0.205. The monoisotopic (exact) mass is 181 g/mol. The highest BCUT2D eigenvalue weighted by Gasteiger charge is 2.27. The standard InChI is InChI=1S/C8H15N5/c1-6(7-3-2-4-7)13-8(5-9)10-11-12-13/h6-7H,2-5,9H2,1H3. The van der Waals surface area contributed by atoms with Crippen molar-refractivity contribution < 1.29 is 0 Å². The zero-order valence-corrected chi connectivity index (χ0v) is 7.85. The molecule has 5 heteroatoms. The molecule has 0 aromatic carbocycles. The fraction of sp³-hybridized carbons (Fsp3) is 0.875. The largest absolute Gasteiger partial charge is 0.324 e. The summed E-state index contributed by atoms with van der Waals surface area (Å²) in [6.07, 6.45) is 3.94. The maximum absolute atomic E-state index is 5.53. The second-order valence-electron chi connectivity index (χ2n) is 3.68. The molecule has 0 spiro atoms. The van der Waals surface area contributed by atoms with Crippen LogP contribution in [0, 0.1) is 5.92 Å². The molecule has 1 atom stereocenters. The smallest absolute Gasteiger partial charge is 0.165 e. The maximum Gasteiger partial charge on any atom is 0.165 e. The van der Waals surface area contributed by atoms with Gasteiger partial charge in [-0.1, -0.05) is 6.42 Å². The van der Waals surface area contributed by atoms with Crippen molar-refractivity contribution in [2.75, 3.05) is 0 Å². The van der Waals surface area contributed by atoms with Gasteiger partial charge in [-0.25, -0.2) is 4.68 Å². The summed E-state index contributed by atoms with van der Waals surface area (Å²) >= 11 is 0. The van der Waals surface area contributed by atoms with Crippen molar-refractivity contribution in [2.24, 2.45) is 11.7 Å². The maximum atomic E-state index is 5.53. The van der Waals surface area contributed by atoms with Gasteiger partial charge in [-0.15, -0.1) is 5.10 Å². The molecule has 0 saturated heterocycles. The summed E-state index contributed by atoms with van der Waals surface area (Å²) in [5.41, 5.74) is 5.53. The van der Waals surface area contributed by atoms with E-state index >= 15 is 0 Å². The third-order valence-electron chi connectivity index (χ3n) is 2.96. The number of rotatable bonds is 3. The van der Waals surface area contributed by atoms with Crippen LogP contribution in [0.2, 0.25) is 0 Å². The fourth-order valence-corrected chi connectivity index (χ4v) is 1.78. The van der Waals surface area contributed by atoms with Crippen molar-refractivity contribution in [3.8, 4) is 0 Å². The minimum Gasteiger partial charge on any atom is -0.324 e. The van der Waals surface area contributed by atoms with E-state index < -0.39 is 0 Å². The predicted octanol–water partition coefficient (Wildman–Crippen LogP) is 0.493. The van der Waals surface area contributed by atoms with Gasteiger partial charge in [0, 0.05) is 0 Å². The van der Waals surface area contributed by atoms with Crippen molar-refractivity contribution in [3.63, 3.8) is 0 Å². The first-order chi connectivity index (χ1) is 6.33. The summed E-state index contributed by atoms with van der Waals surface area (Å²) in [6, 6.07) is 0.405. The summed E-state index contributed by atoms with van der Waals surface area (Å²) in [7, 11) is 0. The van der Waals surface area contributed by atoms with Gasteiger partial charge in [0.2, 0.25) is 0 Å². The fourth-order valence-electron chi connectivity index (χ4n) is 1.78. The van der Waals surface area contributed by atoms with Crippen molar-refractivity contribution in [3.05, 3.63) is 5.82 Å². The number of nitrogens with two attached hydrogens (primary N) is 1. The molecule has 0 amide bonds. The Balaban J connectivity index is 2.13. The van der Waals surface area contributed by atoms with Crippen LogP contribution in [-0.4, -0.2) is 20.2 Å². The third kappa shape index (κ3) is 1.44. The lowest BCUT2D eigenvalue weighted by Crippen LogP contribution is -2.25. The van der Waals surface area contributed by atoms with E-state index in [0.29, 0.717) is 12.6 Å². The van der Waals surface area contributed by atoms with Gasteiger partial charge in [0.05, 0.1) is 12.6 Å². The molecule has 1 aromatic rings. The second kappa shape index (κ2) is 3.41. The minimum atomic E-state index is 0.405. The van der Waals surface area contributed by atoms with Crippen LogP contribution in [0.15, 0.2) is 0 Å². The van der Waals surface area contributed by atoms with Crippen LogP contribution in [0.4, 0.5) is 0 Å². The Morgan fingerprint density at radius 1 is 1.62 bits per heavy atom. The topological polar surface area (TPSA) is 69.6 Å². The van der Waals surface area contributed by atoms with Gasteiger partial charge in [-0.05, 0) is 36.1 Å². The normalized spacial score (nSPS) is 19.8. The molecular weight excluding hydrogens is 166 g/mol. The molecule has 1 saturated carbocycles. The second-order valence-corrected chi connectivity index (χ2v) is 3.68. The quantitative estimate of drug-likeness (QED) is 0.737. The van der Waals surface area contributed by atoms with Crippen LogP contribution in [0.25, 0.3) is 0 Å². The summed E-state index contributed by atoms with van der Waals surface area (Å²) in [4.78, 5) is 0. The molecule has 1 aliphatic rings. The predicted molar refractivity (Wildman–Crippen MR) is 47.8 cm³/mol. The van der Waals surface area contributed by atoms with Crippen LogP contribution in [0.1, 0.15) is 38.1 Å². The van der Waals surface area contributed by atoms with Gasteiger partial charge in [-0.3, -0.25) is 0 Å². The molecule has 1 fully saturated rings. The van der Waals surface area contributed by atoms with Crippen LogP contribution < -0.4 is 5.73 Å². The SMILES string of the molecule is CC(C1CCC1)n1nnnc1CN. The van der Waals surface area contributed by atoms with E-state index in [0.717, 1.165) is 11.7 Å². The van der Waals surface area contributed by atoms with E-state index in [1.807, 2.05) is 4.68 Å². The average Bonchev–Trinajstić information content (AvgIpc) is 2.47. The van der Waals surface area contributed by atoms with Gasteiger partial charge in [0.25, 0.3) is 0 Å². The first-order valence-electron chi connectivity index (χ1n) is 4.79. The number of hydrogen-bond donors (Lipinski definition) is 1. The third-order valence-corrected chi connectivity index (χ3v) is 2.96. The summed E-state index contributed by atoms with van der Waals surface area (Å²) < 4.78 is 1.86. The van der Waals surface area contributed by atoms with E-state index in [-0.39, 0.29) is 0 Å². The van der Waals surface area contributed by atoms with Crippen molar-refractivity contribution >= 4 is 0 Å². The molecule has 0 radical (unpaired) electrons. The van der Waals surface area contributed by atoms with Crippen LogP contribution >= 0.6 is 0 Å². The number of tetrazole rings is 1. The number of aromatic nitrogens is 4. The van der Waals surface area contributed by atoms with Crippen molar-refractivity contribution in [1.29, 1.82) is 0 Å². The van der Waals surface area contributed by atoms with Gasteiger partial charge in [-0.2, -0.15) is 0 Å². The van der Waals surface area contributed by atoms with Gasteiger partial charge >= 0.3 is 0 Å². The van der Waals surface area contributed by atoms with Crippen LogP contribution in [0.3, 0.4) is 0 Å². The molecule has 1 aliphatic carbocycles. The molecule has 2 rings (SSSR count). The van der Waals surface area contributed by atoms with Crippen molar-refractivity contribution in [1.82, 2.24) is 20.2 Å². The summed E-state index contributed by atoms with van der Waals surface area (Å²) in [5, 5.41) is 11.5. The lowest BCUT2D eigenvalue weighted by Gasteiger charge is -2.31. The Morgan fingerprint density at radius 3 is 2.92 bits per heavy atom. The van der Waals surface area contributed by atoms with Gasteiger partial charge in [0.15, 0.2) is 5.82 Å². The zero-order chi connectivity index (χ0) is 9.26. The van der Waals surface area contributed by atoms with E-state index in [9.17, 15) is 0 Å². The van der Waals surface area contributed by atoms with E-state index in [4.69, 9.17) is 5.73 Å². The molecule has 1 heterocycles. The van der Waals surface area contributed by atoms with Gasteiger partial charge < -0.3 is 5.73 Å². The summed E-state index contributed by atoms with van der Waals surface area (Å²) in [6.45, 7) is 2.59.